The minimum absolute atomic E-state index is 0.0389. The highest BCUT2D eigenvalue weighted by molar-refractivity contribution is 7.89. The van der Waals surface area contributed by atoms with Crippen LogP contribution in [0, 0.1) is 0 Å². The summed E-state index contributed by atoms with van der Waals surface area (Å²) < 4.78 is 31.7. The summed E-state index contributed by atoms with van der Waals surface area (Å²) in [6.07, 6.45) is -0.0897. The number of nitrogens with two attached hydrogens (primary N) is 1. The van der Waals surface area contributed by atoms with Gasteiger partial charge in [0, 0.05) is 19.2 Å². The Hall–Kier alpha value is -1.97. The third-order valence-electron chi connectivity index (χ3n) is 2.57. The first-order chi connectivity index (χ1) is 10.3. The number of esters is 1. The highest BCUT2D eigenvalue weighted by Gasteiger charge is 2.10. The largest absolute Gasteiger partial charge is 0.463 e. The second kappa shape index (κ2) is 8.47. The van der Waals surface area contributed by atoms with Gasteiger partial charge in [-0.15, -0.1) is 0 Å². The number of hydrogen-bond acceptors (Lipinski definition) is 6. The van der Waals surface area contributed by atoms with Crippen molar-refractivity contribution >= 4 is 27.6 Å². The molecule has 0 aliphatic rings. The van der Waals surface area contributed by atoms with E-state index in [2.05, 4.69) is 5.32 Å². The van der Waals surface area contributed by atoms with Gasteiger partial charge in [0.1, 0.15) is 6.61 Å². The zero-order chi connectivity index (χ0) is 16.6. The first kappa shape index (κ1) is 18.1. The molecular formula is C13H18N2O6S. The normalized spacial score (nSPS) is 11.0. The van der Waals surface area contributed by atoms with E-state index in [0.29, 0.717) is 12.3 Å². The predicted molar refractivity (Wildman–Crippen MR) is 78.5 cm³/mol. The first-order valence-electron chi connectivity index (χ1n) is 6.40. The first-order valence-corrected chi connectivity index (χ1v) is 7.95. The van der Waals surface area contributed by atoms with Crippen molar-refractivity contribution in [1.29, 1.82) is 0 Å². The molecule has 1 amide bonds. The fourth-order valence-electron chi connectivity index (χ4n) is 1.48. The van der Waals surface area contributed by atoms with Crippen molar-refractivity contribution in [3.05, 3.63) is 24.3 Å². The molecule has 0 unspecified atom stereocenters. The van der Waals surface area contributed by atoms with Crippen molar-refractivity contribution in [3.8, 4) is 0 Å². The van der Waals surface area contributed by atoms with E-state index in [1.807, 2.05) is 0 Å². The lowest BCUT2D eigenvalue weighted by Gasteiger charge is -2.06. The van der Waals surface area contributed by atoms with E-state index in [1.165, 1.54) is 31.4 Å². The third kappa shape index (κ3) is 6.66. The van der Waals surface area contributed by atoms with Gasteiger partial charge in [-0.25, -0.2) is 13.6 Å². The maximum atomic E-state index is 11.6. The lowest BCUT2D eigenvalue weighted by atomic mass is 10.2. The minimum atomic E-state index is -3.76. The molecule has 9 heteroatoms. The maximum Gasteiger partial charge on any atom is 0.306 e. The summed E-state index contributed by atoms with van der Waals surface area (Å²) in [6.45, 7) is 0.445. The Kier molecular flexibility index (Phi) is 6.96. The van der Waals surface area contributed by atoms with Crippen LogP contribution in [0.5, 0.6) is 0 Å². The van der Waals surface area contributed by atoms with Crippen LogP contribution in [0.1, 0.15) is 12.8 Å². The predicted octanol–water partition coefficient (Wildman–Crippen LogP) is 0.242. The summed E-state index contributed by atoms with van der Waals surface area (Å²) in [5.41, 5.74) is 0.408. The molecule has 0 saturated carbocycles. The second-order valence-electron chi connectivity index (χ2n) is 4.33. The van der Waals surface area contributed by atoms with Crippen LogP contribution in [0.15, 0.2) is 29.2 Å². The molecule has 22 heavy (non-hydrogen) atoms. The van der Waals surface area contributed by atoms with Gasteiger partial charge in [-0.2, -0.15) is 0 Å². The topological polar surface area (TPSA) is 125 Å². The van der Waals surface area contributed by atoms with Gasteiger partial charge in [0.2, 0.25) is 15.9 Å². The minimum Gasteiger partial charge on any atom is -0.463 e. The van der Waals surface area contributed by atoms with Crippen LogP contribution in [-0.2, 0) is 29.1 Å². The Labute approximate surface area is 128 Å². The molecule has 0 radical (unpaired) electrons. The molecule has 0 aromatic heterocycles. The number of carbonyl (C=O) groups excluding carboxylic acids is 2. The smallest absolute Gasteiger partial charge is 0.306 e. The number of amides is 1. The van der Waals surface area contributed by atoms with Gasteiger partial charge >= 0.3 is 5.97 Å². The van der Waals surface area contributed by atoms with Gasteiger partial charge in [-0.1, -0.05) is 0 Å². The maximum absolute atomic E-state index is 11.6. The van der Waals surface area contributed by atoms with Gasteiger partial charge in [0.25, 0.3) is 0 Å². The summed E-state index contributed by atoms with van der Waals surface area (Å²) in [7, 11) is -2.28. The summed E-state index contributed by atoms with van der Waals surface area (Å²) in [6, 6.07) is 5.39. The molecule has 0 atom stereocenters. The number of methoxy groups -OCH3 is 1. The lowest BCUT2D eigenvalue weighted by Crippen LogP contribution is -2.16. The van der Waals surface area contributed by atoms with Gasteiger partial charge in [0.05, 0.1) is 17.9 Å². The zero-order valence-electron chi connectivity index (χ0n) is 12.1. The number of anilines is 1. The van der Waals surface area contributed by atoms with E-state index < -0.39 is 16.0 Å². The van der Waals surface area contributed by atoms with Crippen molar-refractivity contribution in [1.82, 2.24) is 0 Å². The molecule has 1 aromatic rings. The Bertz CT molecular complexity index is 612. The molecule has 0 aliphatic carbocycles. The van der Waals surface area contributed by atoms with Crippen LogP contribution < -0.4 is 10.5 Å². The van der Waals surface area contributed by atoms with Crippen LogP contribution in [0.4, 0.5) is 5.69 Å². The number of rotatable bonds is 8. The van der Waals surface area contributed by atoms with E-state index in [0.717, 1.165) is 0 Å². The molecule has 8 nitrogen and oxygen atoms in total. The molecule has 1 rings (SSSR count). The van der Waals surface area contributed by atoms with Crippen LogP contribution in [0.25, 0.3) is 0 Å². The van der Waals surface area contributed by atoms with Crippen molar-refractivity contribution < 1.29 is 27.5 Å². The van der Waals surface area contributed by atoms with E-state index in [9.17, 15) is 18.0 Å². The highest BCUT2D eigenvalue weighted by atomic mass is 32.2. The Morgan fingerprint density at radius 2 is 1.77 bits per heavy atom. The van der Waals surface area contributed by atoms with Crippen molar-refractivity contribution in [3.63, 3.8) is 0 Å². The van der Waals surface area contributed by atoms with Crippen molar-refractivity contribution in [2.24, 2.45) is 5.14 Å². The van der Waals surface area contributed by atoms with Crippen LogP contribution >= 0.6 is 0 Å². The molecule has 0 fully saturated rings. The number of sulfonamides is 1. The standard InChI is InChI=1S/C13H18N2O6S/c1-20-8-9-21-13(17)7-6-12(16)15-10-2-4-11(5-3-10)22(14,18)19/h2-5H,6-9H2,1H3,(H,15,16)(H2,14,18,19). The molecule has 3 N–H and O–H groups in total. The second-order valence-corrected chi connectivity index (χ2v) is 5.89. The molecule has 0 heterocycles. The van der Waals surface area contributed by atoms with Gasteiger partial charge in [0.15, 0.2) is 0 Å². The summed E-state index contributed by atoms with van der Waals surface area (Å²) in [5, 5.41) is 7.50. The van der Waals surface area contributed by atoms with Crippen molar-refractivity contribution in [2.75, 3.05) is 25.6 Å². The van der Waals surface area contributed by atoms with Gasteiger partial charge in [-0.3, -0.25) is 9.59 Å². The van der Waals surface area contributed by atoms with Gasteiger partial charge in [-0.05, 0) is 24.3 Å². The van der Waals surface area contributed by atoms with Crippen LogP contribution in [-0.4, -0.2) is 40.6 Å². The number of carbonyl (C=O) groups is 2. The van der Waals surface area contributed by atoms with E-state index in [4.69, 9.17) is 14.6 Å². The number of nitrogens with one attached hydrogen (secondary N) is 1. The number of ether oxygens (including phenoxy) is 2. The Morgan fingerprint density at radius 3 is 2.32 bits per heavy atom. The van der Waals surface area contributed by atoms with E-state index in [1.54, 1.807) is 0 Å². The molecule has 122 valence electrons. The lowest BCUT2D eigenvalue weighted by molar-refractivity contribution is -0.145. The average molecular weight is 330 g/mol. The zero-order valence-corrected chi connectivity index (χ0v) is 12.9. The van der Waals surface area contributed by atoms with Crippen LogP contribution in [0.2, 0.25) is 0 Å². The monoisotopic (exact) mass is 330 g/mol. The number of hydrogen-bond donors (Lipinski definition) is 2. The quantitative estimate of drug-likeness (QED) is 0.520. The van der Waals surface area contributed by atoms with Crippen LogP contribution in [0.3, 0.4) is 0 Å². The SMILES string of the molecule is COCCOC(=O)CCC(=O)Nc1ccc(S(N)(=O)=O)cc1. The van der Waals surface area contributed by atoms with E-state index in [-0.39, 0.29) is 30.3 Å². The van der Waals surface area contributed by atoms with Crippen molar-refractivity contribution in [2.45, 2.75) is 17.7 Å². The molecule has 0 aliphatic heterocycles. The molecule has 0 bridgehead atoms. The summed E-state index contributed by atoms with van der Waals surface area (Å²) in [4.78, 5) is 22.9. The fraction of sp³-hybridized carbons (Fsp3) is 0.385. The average Bonchev–Trinajstić information content (AvgIpc) is 2.45. The highest BCUT2D eigenvalue weighted by Crippen LogP contribution is 2.13. The molecule has 1 aromatic carbocycles. The third-order valence-corrected chi connectivity index (χ3v) is 3.50. The summed E-state index contributed by atoms with van der Waals surface area (Å²) in [5.74, 6) is -0.871. The Morgan fingerprint density at radius 1 is 1.14 bits per heavy atom. The number of benzene rings is 1. The molecular weight excluding hydrogens is 312 g/mol. The van der Waals surface area contributed by atoms with E-state index >= 15 is 0 Å². The fourth-order valence-corrected chi connectivity index (χ4v) is 1.99. The Balaban J connectivity index is 2.40. The van der Waals surface area contributed by atoms with Gasteiger partial charge < -0.3 is 14.8 Å². The summed E-state index contributed by atoms with van der Waals surface area (Å²) >= 11 is 0. The molecule has 0 spiro atoms. The number of primary sulfonamides is 1. The molecule has 0 saturated heterocycles.